The number of ether oxygens (including phenoxy) is 3. The molecular weight excluding hydrogens is 218 g/mol. The maximum absolute atomic E-state index is 5.88. The van der Waals surface area contributed by atoms with Gasteiger partial charge in [0.15, 0.2) is 0 Å². The van der Waals surface area contributed by atoms with Gasteiger partial charge in [-0.1, -0.05) is 0 Å². The molecule has 94 valence electrons. The summed E-state index contributed by atoms with van der Waals surface area (Å²) in [6.45, 7) is 4.47. The lowest BCUT2D eigenvalue weighted by Gasteiger charge is -2.35. The minimum atomic E-state index is -0.337. The summed E-state index contributed by atoms with van der Waals surface area (Å²) in [5, 5.41) is 3.34. The van der Waals surface area contributed by atoms with Gasteiger partial charge in [-0.05, 0) is 19.1 Å². The second-order valence-electron chi connectivity index (χ2n) is 4.32. The fraction of sp³-hybridized carbons (Fsp3) is 0.538. The van der Waals surface area contributed by atoms with Crippen molar-refractivity contribution in [1.29, 1.82) is 0 Å². The molecule has 1 heterocycles. The minimum Gasteiger partial charge on any atom is -0.497 e. The maximum Gasteiger partial charge on any atom is 0.128 e. The lowest BCUT2D eigenvalue weighted by molar-refractivity contribution is -0.0584. The highest BCUT2D eigenvalue weighted by Gasteiger charge is 2.32. The summed E-state index contributed by atoms with van der Waals surface area (Å²) in [5.74, 6) is 1.59. The van der Waals surface area contributed by atoms with Gasteiger partial charge < -0.3 is 19.5 Å². The fourth-order valence-corrected chi connectivity index (χ4v) is 2.13. The molecule has 0 amide bonds. The van der Waals surface area contributed by atoms with Crippen molar-refractivity contribution in [3.05, 3.63) is 23.8 Å². The molecule has 0 spiro atoms. The lowest BCUT2D eigenvalue weighted by Crippen LogP contribution is -2.45. The van der Waals surface area contributed by atoms with Crippen LogP contribution in [0.15, 0.2) is 18.2 Å². The zero-order chi connectivity index (χ0) is 12.3. The summed E-state index contributed by atoms with van der Waals surface area (Å²) < 4.78 is 16.5. The van der Waals surface area contributed by atoms with Crippen LogP contribution < -0.4 is 14.8 Å². The van der Waals surface area contributed by atoms with Crippen molar-refractivity contribution in [3.8, 4) is 11.5 Å². The van der Waals surface area contributed by atoms with E-state index < -0.39 is 0 Å². The van der Waals surface area contributed by atoms with Crippen LogP contribution in [0.5, 0.6) is 11.5 Å². The largest absolute Gasteiger partial charge is 0.497 e. The van der Waals surface area contributed by atoms with Crippen LogP contribution in [0.2, 0.25) is 0 Å². The number of morpholine rings is 1. The van der Waals surface area contributed by atoms with E-state index in [9.17, 15) is 0 Å². The third kappa shape index (κ3) is 2.37. The summed E-state index contributed by atoms with van der Waals surface area (Å²) in [6.07, 6.45) is 0. The summed E-state index contributed by atoms with van der Waals surface area (Å²) >= 11 is 0. The van der Waals surface area contributed by atoms with Crippen molar-refractivity contribution in [1.82, 2.24) is 5.32 Å². The topological polar surface area (TPSA) is 39.7 Å². The van der Waals surface area contributed by atoms with Crippen LogP contribution in [-0.2, 0) is 10.3 Å². The fourth-order valence-electron chi connectivity index (χ4n) is 2.13. The van der Waals surface area contributed by atoms with Gasteiger partial charge >= 0.3 is 0 Å². The minimum absolute atomic E-state index is 0.337. The molecule has 1 aliphatic heterocycles. The average molecular weight is 237 g/mol. The van der Waals surface area contributed by atoms with Crippen molar-refractivity contribution in [2.45, 2.75) is 12.5 Å². The predicted molar refractivity (Wildman–Crippen MR) is 65.7 cm³/mol. The van der Waals surface area contributed by atoms with Crippen LogP contribution in [0.3, 0.4) is 0 Å². The molecule has 1 aromatic rings. The maximum atomic E-state index is 5.88. The number of methoxy groups -OCH3 is 2. The Labute approximate surface area is 102 Å². The van der Waals surface area contributed by atoms with Crippen molar-refractivity contribution in [2.75, 3.05) is 33.9 Å². The number of rotatable bonds is 3. The van der Waals surface area contributed by atoms with E-state index in [2.05, 4.69) is 12.2 Å². The Morgan fingerprint density at radius 3 is 2.71 bits per heavy atom. The van der Waals surface area contributed by atoms with E-state index in [0.29, 0.717) is 6.61 Å². The zero-order valence-electron chi connectivity index (χ0n) is 10.6. The molecule has 0 radical (unpaired) electrons. The van der Waals surface area contributed by atoms with E-state index in [4.69, 9.17) is 14.2 Å². The molecule has 0 bridgehead atoms. The first-order chi connectivity index (χ1) is 8.19. The van der Waals surface area contributed by atoms with Gasteiger partial charge in [0.05, 0.1) is 20.8 Å². The monoisotopic (exact) mass is 237 g/mol. The third-order valence-electron chi connectivity index (χ3n) is 3.14. The molecule has 1 fully saturated rings. The Kier molecular flexibility index (Phi) is 3.54. The van der Waals surface area contributed by atoms with Gasteiger partial charge in [0.2, 0.25) is 0 Å². The number of hydrogen-bond acceptors (Lipinski definition) is 4. The zero-order valence-corrected chi connectivity index (χ0v) is 10.6. The molecule has 1 aliphatic rings. The van der Waals surface area contributed by atoms with Gasteiger partial charge in [0.1, 0.15) is 17.1 Å². The first kappa shape index (κ1) is 12.2. The molecule has 2 rings (SSSR count). The molecule has 4 heteroatoms. The molecule has 1 aromatic carbocycles. The normalized spacial score (nSPS) is 24.4. The Hall–Kier alpha value is -1.26. The number of nitrogens with one attached hydrogen (secondary N) is 1. The second-order valence-corrected chi connectivity index (χ2v) is 4.32. The van der Waals surface area contributed by atoms with Gasteiger partial charge in [0.25, 0.3) is 0 Å². The molecular formula is C13H19NO3. The molecule has 1 saturated heterocycles. The first-order valence-corrected chi connectivity index (χ1v) is 5.77. The van der Waals surface area contributed by atoms with E-state index in [1.807, 2.05) is 18.2 Å². The van der Waals surface area contributed by atoms with E-state index in [1.165, 1.54) is 0 Å². The van der Waals surface area contributed by atoms with Gasteiger partial charge in [-0.25, -0.2) is 0 Å². The van der Waals surface area contributed by atoms with E-state index in [-0.39, 0.29) is 5.60 Å². The Morgan fingerprint density at radius 2 is 2.12 bits per heavy atom. The quantitative estimate of drug-likeness (QED) is 0.865. The summed E-state index contributed by atoms with van der Waals surface area (Å²) in [7, 11) is 3.31. The third-order valence-corrected chi connectivity index (χ3v) is 3.14. The molecule has 0 saturated carbocycles. The van der Waals surface area contributed by atoms with Crippen molar-refractivity contribution in [2.24, 2.45) is 0 Å². The highest BCUT2D eigenvalue weighted by Crippen LogP contribution is 2.35. The smallest absolute Gasteiger partial charge is 0.128 e. The van der Waals surface area contributed by atoms with Crippen LogP contribution in [-0.4, -0.2) is 33.9 Å². The van der Waals surface area contributed by atoms with Crippen LogP contribution in [0.1, 0.15) is 12.5 Å². The van der Waals surface area contributed by atoms with Crippen LogP contribution in [0.4, 0.5) is 0 Å². The molecule has 0 aliphatic carbocycles. The molecule has 4 nitrogen and oxygen atoms in total. The van der Waals surface area contributed by atoms with Gasteiger partial charge in [-0.15, -0.1) is 0 Å². The van der Waals surface area contributed by atoms with Crippen LogP contribution >= 0.6 is 0 Å². The van der Waals surface area contributed by atoms with Crippen molar-refractivity contribution < 1.29 is 14.2 Å². The van der Waals surface area contributed by atoms with E-state index in [0.717, 1.165) is 30.2 Å². The van der Waals surface area contributed by atoms with Crippen LogP contribution in [0, 0.1) is 0 Å². The highest BCUT2D eigenvalue weighted by molar-refractivity contribution is 5.44. The Morgan fingerprint density at radius 1 is 1.29 bits per heavy atom. The first-order valence-electron chi connectivity index (χ1n) is 5.77. The summed E-state index contributed by atoms with van der Waals surface area (Å²) in [6, 6.07) is 5.82. The van der Waals surface area contributed by atoms with Gasteiger partial charge in [0, 0.05) is 24.7 Å². The van der Waals surface area contributed by atoms with E-state index in [1.54, 1.807) is 14.2 Å². The molecule has 17 heavy (non-hydrogen) atoms. The molecule has 1 N–H and O–H groups in total. The summed E-state index contributed by atoms with van der Waals surface area (Å²) in [4.78, 5) is 0. The van der Waals surface area contributed by atoms with E-state index >= 15 is 0 Å². The Balaban J connectivity index is 2.36. The van der Waals surface area contributed by atoms with Gasteiger partial charge in [-0.3, -0.25) is 0 Å². The average Bonchev–Trinajstić information content (AvgIpc) is 2.38. The summed E-state index contributed by atoms with van der Waals surface area (Å²) in [5.41, 5.74) is 0.712. The van der Waals surface area contributed by atoms with Crippen molar-refractivity contribution in [3.63, 3.8) is 0 Å². The SMILES string of the molecule is COc1ccc([C@@]2(C)CNCCO2)c(OC)c1. The Bertz CT molecular complexity index is 386. The van der Waals surface area contributed by atoms with Crippen molar-refractivity contribution >= 4 is 0 Å². The standard InChI is InChI=1S/C13H19NO3/c1-13(9-14-6-7-17-13)11-5-4-10(15-2)8-12(11)16-3/h4-5,8,14H,6-7,9H2,1-3H3/t13-/m1/s1. The molecule has 1 atom stereocenters. The number of benzene rings is 1. The second kappa shape index (κ2) is 4.94. The van der Waals surface area contributed by atoms with Gasteiger partial charge in [-0.2, -0.15) is 0 Å². The lowest BCUT2D eigenvalue weighted by atomic mass is 9.93. The molecule has 0 unspecified atom stereocenters. The number of hydrogen-bond donors (Lipinski definition) is 1. The highest BCUT2D eigenvalue weighted by atomic mass is 16.5. The van der Waals surface area contributed by atoms with Crippen LogP contribution in [0.25, 0.3) is 0 Å². The molecule has 0 aromatic heterocycles. The predicted octanol–water partition coefficient (Wildman–Crippen LogP) is 1.54.